The molecule has 3 aromatic rings. The Kier molecular flexibility index (Phi) is 7.14. The van der Waals surface area contributed by atoms with Gasteiger partial charge in [-0.1, -0.05) is 41.9 Å². The maximum atomic E-state index is 12.5. The largest absolute Gasteiger partial charge is 0.484 e. The molecule has 0 spiro atoms. The molecule has 8 nitrogen and oxygen atoms in total. The van der Waals surface area contributed by atoms with E-state index in [-0.39, 0.29) is 18.3 Å². The zero-order chi connectivity index (χ0) is 23.2. The zero-order valence-corrected chi connectivity index (χ0v) is 19.0. The second-order valence-electron chi connectivity index (χ2n) is 8.12. The van der Waals surface area contributed by atoms with Crippen molar-refractivity contribution in [2.45, 2.75) is 26.8 Å². The van der Waals surface area contributed by atoms with Gasteiger partial charge in [0.15, 0.2) is 12.4 Å². The van der Waals surface area contributed by atoms with Gasteiger partial charge >= 0.3 is 0 Å². The van der Waals surface area contributed by atoms with Crippen LogP contribution in [0, 0.1) is 6.92 Å². The normalized spacial score (nSPS) is 14.3. The minimum atomic E-state index is -0.0530. The summed E-state index contributed by atoms with van der Waals surface area (Å²) in [6.45, 7) is 7.08. The van der Waals surface area contributed by atoms with Crippen molar-refractivity contribution in [1.82, 2.24) is 19.9 Å². The van der Waals surface area contributed by atoms with Crippen LogP contribution in [0.2, 0.25) is 0 Å². The molecule has 33 heavy (non-hydrogen) atoms. The average molecular weight is 449 g/mol. The number of piperazine rings is 1. The first kappa shape index (κ1) is 22.7. The van der Waals surface area contributed by atoms with E-state index in [1.165, 1.54) is 5.56 Å². The second kappa shape index (κ2) is 10.4. The molecule has 2 heterocycles. The van der Waals surface area contributed by atoms with Crippen LogP contribution in [0.3, 0.4) is 0 Å². The van der Waals surface area contributed by atoms with Gasteiger partial charge in [0.1, 0.15) is 5.75 Å². The number of aryl methyl sites for hydroxylation is 1. The minimum Gasteiger partial charge on any atom is -0.484 e. The van der Waals surface area contributed by atoms with Gasteiger partial charge in [0.05, 0.1) is 6.54 Å². The summed E-state index contributed by atoms with van der Waals surface area (Å²) in [7, 11) is 0. The topological polar surface area (TPSA) is 88.8 Å². The number of amides is 1. The van der Waals surface area contributed by atoms with Crippen molar-refractivity contribution < 1.29 is 18.8 Å². The summed E-state index contributed by atoms with van der Waals surface area (Å²) < 4.78 is 11.0. The molecule has 172 valence electrons. The number of hydrogen-bond acceptors (Lipinski definition) is 7. The molecule has 1 fully saturated rings. The van der Waals surface area contributed by atoms with E-state index < -0.39 is 0 Å². The first-order valence-electron chi connectivity index (χ1n) is 11.2. The number of nitrogens with zero attached hydrogens (tertiary/aromatic N) is 4. The third-order valence-corrected chi connectivity index (χ3v) is 5.72. The molecule has 1 aromatic heterocycles. The molecule has 0 aliphatic carbocycles. The minimum absolute atomic E-state index is 0.0232. The predicted octanol–water partition coefficient (Wildman–Crippen LogP) is 3.36. The lowest BCUT2D eigenvalue weighted by atomic mass is 10.1. The Morgan fingerprint density at radius 2 is 1.70 bits per heavy atom. The smallest absolute Gasteiger partial charge is 0.260 e. The predicted molar refractivity (Wildman–Crippen MR) is 123 cm³/mol. The van der Waals surface area contributed by atoms with Gasteiger partial charge in [0.2, 0.25) is 11.7 Å². The Labute approximate surface area is 193 Å². The first-order valence-corrected chi connectivity index (χ1v) is 11.2. The Balaban J connectivity index is 1.22. The SMILES string of the molecule is CCC(=O)c1ccc(OCC(=O)N2CCN(Cc3nc(-c4ccc(C)cc4)no3)CC2)cc1. The highest BCUT2D eigenvalue weighted by molar-refractivity contribution is 5.95. The molecule has 0 N–H and O–H groups in total. The number of Topliss-reactive ketones (excluding diaryl/α,β-unsaturated/α-hetero) is 1. The second-order valence-corrected chi connectivity index (χ2v) is 8.12. The van der Waals surface area contributed by atoms with E-state index in [0.29, 0.717) is 49.1 Å². The average Bonchev–Trinajstić information content (AvgIpc) is 3.31. The lowest BCUT2D eigenvalue weighted by Crippen LogP contribution is -2.49. The summed E-state index contributed by atoms with van der Waals surface area (Å²) in [5.74, 6) is 1.77. The van der Waals surface area contributed by atoms with Crippen LogP contribution in [0.1, 0.15) is 35.2 Å². The summed E-state index contributed by atoms with van der Waals surface area (Å²) in [5, 5.41) is 4.09. The number of hydrogen-bond donors (Lipinski definition) is 0. The molecule has 0 saturated carbocycles. The van der Waals surface area contributed by atoms with Gasteiger partial charge in [-0.15, -0.1) is 0 Å². The summed E-state index contributed by atoms with van der Waals surface area (Å²) in [6, 6.07) is 14.9. The van der Waals surface area contributed by atoms with Gasteiger partial charge in [-0.2, -0.15) is 4.98 Å². The fraction of sp³-hybridized carbons (Fsp3) is 0.360. The summed E-state index contributed by atoms with van der Waals surface area (Å²) in [5.41, 5.74) is 2.76. The van der Waals surface area contributed by atoms with Gasteiger partial charge in [-0.3, -0.25) is 14.5 Å². The van der Waals surface area contributed by atoms with E-state index in [2.05, 4.69) is 15.0 Å². The van der Waals surface area contributed by atoms with Crippen molar-refractivity contribution in [1.29, 1.82) is 0 Å². The van der Waals surface area contributed by atoms with Crippen LogP contribution in [-0.4, -0.2) is 64.4 Å². The quantitative estimate of drug-likeness (QED) is 0.488. The number of carbonyl (C=O) groups excluding carboxylic acids is 2. The first-order chi connectivity index (χ1) is 16.0. The molecular weight excluding hydrogens is 420 g/mol. The van der Waals surface area contributed by atoms with Crippen molar-refractivity contribution in [3.63, 3.8) is 0 Å². The van der Waals surface area contributed by atoms with E-state index in [0.717, 1.165) is 18.7 Å². The fourth-order valence-corrected chi connectivity index (χ4v) is 3.66. The number of carbonyl (C=O) groups is 2. The summed E-state index contributed by atoms with van der Waals surface area (Å²) in [4.78, 5) is 32.7. The third kappa shape index (κ3) is 5.84. The number of benzene rings is 2. The number of aromatic nitrogens is 2. The molecule has 2 aromatic carbocycles. The van der Waals surface area contributed by atoms with Gasteiger partial charge in [-0.25, -0.2) is 0 Å². The van der Waals surface area contributed by atoms with Crippen LogP contribution in [0.4, 0.5) is 0 Å². The Hall–Kier alpha value is -3.52. The van der Waals surface area contributed by atoms with E-state index >= 15 is 0 Å². The van der Waals surface area contributed by atoms with Gasteiger partial charge in [0.25, 0.3) is 5.91 Å². The molecule has 0 atom stereocenters. The Morgan fingerprint density at radius 1 is 1.00 bits per heavy atom. The van der Waals surface area contributed by atoms with Crippen LogP contribution in [0.15, 0.2) is 53.1 Å². The van der Waals surface area contributed by atoms with Gasteiger partial charge < -0.3 is 14.2 Å². The monoisotopic (exact) mass is 448 g/mol. The molecule has 1 aliphatic heterocycles. The molecule has 1 saturated heterocycles. The highest BCUT2D eigenvalue weighted by atomic mass is 16.5. The molecule has 0 bridgehead atoms. The molecule has 0 radical (unpaired) electrons. The zero-order valence-electron chi connectivity index (χ0n) is 19.0. The van der Waals surface area contributed by atoms with E-state index in [4.69, 9.17) is 9.26 Å². The molecule has 0 unspecified atom stereocenters. The number of ether oxygens (including phenoxy) is 1. The van der Waals surface area contributed by atoms with Crippen molar-refractivity contribution in [2.75, 3.05) is 32.8 Å². The highest BCUT2D eigenvalue weighted by Crippen LogP contribution is 2.18. The molecule has 1 aliphatic rings. The number of rotatable bonds is 8. The lowest BCUT2D eigenvalue weighted by Gasteiger charge is -2.33. The summed E-state index contributed by atoms with van der Waals surface area (Å²) in [6.07, 6.45) is 0.463. The summed E-state index contributed by atoms with van der Waals surface area (Å²) >= 11 is 0. The van der Waals surface area contributed by atoms with Gasteiger partial charge in [0, 0.05) is 43.7 Å². The van der Waals surface area contributed by atoms with Crippen LogP contribution in [0.5, 0.6) is 5.75 Å². The van der Waals surface area contributed by atoms with E-state index in [1.807, 2.05) is 38.1 Å². The van der Waals surface area contributed by atoms with Crippen LogP contribution in [-0.2, 0) is 11.3 Å². The third-order valence-electron chi connectivity index (χ3n) is 5.72. The maximum absolute atomic E-state index is 12.5. The van der Waals surface area contributed by atoms with Gasteiger partial charge in [-0.05, 0) is 31.2 Å². The maximum Gasteiger partial charge on any atom is 0.260 e. The Morgan fingerprint density at radius 3 is 2.36 bits per heavy atom. The van der Waals surface area contributed by atoms with Crippen LogP contribution < -0.4 is 4.74 Å². The highest BCUT2D eigenvalue weighted by Gasteiger charge is 2.23. The number of ketones is 1. The molecule has 1 amide bonds. The lowest BCUT2D eigenvalue weighted by molar-refractivity contribution is -0.135. The standard InChI is InChI=1S/C25H28N4O4/c1-3-22(30)19-8-10-21(11-9-19)32-17-24(31)29-14-12-28(13-15-29)16-23-26-25(27-33-23)20-6-4-18(2)5-7-20/h4-11H,3,12-17H2,1-2H3. The van der Waals surface area contributed by atoms with E-state index in [1.54, 1.807) is 29.2 Å². The molecular formula is C25H28N4O4. The molecule has 4 rings (SSSR count). The van der Waals surface area contributed by atoms with Crippen molar-refractivity contribution in [3.8, 4) is 17.1 Å². The Bertz CT molecular complexity index is 1080. The van der Waals surface area contributed by atoms with E-state index in [9.17, 15) is 9.59 Å². The molecule has 8 heteroatoms. The van der Waals surface area contributed by atoms with Crippen molar-refractivity contribution >= 4 is 11.7 Å². The fourth-order valence-electron chi connectivity index (χ4n) is 3.66. The van der Waals surface area contributed by atoms with Crippen molar-refractivity contribution in [2.24, 2.45) is 0 Å². The van der Waals surface area contributed by atoms with Crippen LogP contribution in [0.25, 0.3) is 11.4 Å². The van der Waals surface area contributed by atoms with Crippen molar-refractivity contribution in [3.05, 3.63) is 65.5 Å². The van der Waals surface area contributed by atoms with Crippen LogP contribution >= 0.6 is 0 Å².